The Hall–Kier alpha value is -1.06. The van der Waals surface area contributed by atoms with Gasteiger partial charge in [-0.05, 0) is 51.3 Å². The van der Waals surface area contributed by atoms with Crippen LogP contribution in [0.1, 0.15) is 58.4 Å². The number of hydrogen-bond donors (Lipinski definition) is 2. The second-order valence-corrected chi connectivity index (χ2v) is 7.32. The molecule has 0 unspecified atom stereocenters. The molecule has 118 valence electrons. The third-order valence-corrected chi connectivity index (χ3v) is 4.04. The topological polar surface area (TPSA) is 41.5 Å². The first-order valence-corrected chi connectivity index (χ1v) is 8.06. The van der Waals surface area contributed by atoms with Gasteiger partial charge in [-0.2, -0.15) is 0 Å². The molecule has 1 aliphatic rings. The number of hydrogen-bond acceptors (Lipinski definition) is 3. The van der Waals surface area contributed by atoms with Crippen LogP contribution in [-0.2, 0) is 6.54 Å². The zero-order valence-corrected chi connectivity index (χ0v) is 13.6. The number of aliphatic hydroxyl groups is 1. The highest BCUT2D eigenvalue weighted by molar-refractivity contribution is 5.27. The molecule has 0 spiro atoms. The average Bonchev–Trinajstić information content (AvgIpc) is 2.44. The van der Waals surface area contributed by atoms with E-state index in [-0.39, 0.29) is 5.54 Å². The van der Waals surface area contributed by atoms with Gasteiger partial charge in [-0.15, -0.1) is 0 Å². The summed E-state index contributed by atoms with van der Waals surface area (Å²) in [5.74, 6) is 0.841. The summed E-state index contributed by atoms with van der Waals surface area (Å²) in [6.45, 7) is 7.75. The number of nitrogens with one attached hydrogen (secondary N) is 1. The van der Waals surface area contributed by atoms with Crippen molar-refractivity contribution in [2.24, 2.45) is 0 Å². The quantitative estimate of drug-likeness (QED) is 0.870. The molecule has 1 fully saturated rings. The van der Waals surface area contributed by atoms with E-state index in [1.807, 2.05) is 12.1 Å². The Morgan fingerprint density at radius 3 is 2.29 bits per heavy atom. The van der Waals surface area contributed by atoms with Crippen LogP contribution in [-0.4, -0.2) is 22.9 Å². The first-order valence-electron chi connectivity index (χ1n) is 8.06. The van der Waals surface area contributed by atoms with Gasteiger partial charge in [0.15, 0.2) is 0 Å². The molecule has 1 aromatic rings. The highest BCUT2D eigenvalue weighted by atomic mass is 16.5. The predicted octanol–water partition coefficient (Wildman–Crippen LogP) is 3.65. The van der Waals surface area contributed by atoms with Crippen LogP contribution in [0.5, 0.6) is 5.75 Å². The molecule has 0 atom stereocenters. The lowest BCUT2D eigenvalue weighted by atomic mass is 9.85. The van der Waals surface area contributed by atoms with E-state index in [1.54, 1.807) is 0 Å². The maximum Gasteiger partial charge on any atom is 0.119 e. The Morgan fingerprint density at radius 2 is 1.71 bits per heavy atom. The molecule has 1 aliphatic carbocycles. The van der Waals surface area contributed by atoms with E-state index in [0.717, 1.165) is 38.0 Å². The highest BCUT2D eigenvalue weighted by Crippen LogP contribution is 2.28. The van der Waals surface area contributed by atoms with Crippen molar-refractivity contribution in [2.75, 3.05) is 6.61 Å². The van der Waals surface area contributed by atoms with E-state index in [4.69, 9.17) is 4.74 Å². The van der Waals surface area contributed by atoms with Gasteiger partial charge in [0.25, 0.3) is 0 Å². The fourth-order valence-corrected chi connectivity index (χ4v) is 2.64. The van der Waals surface area contributed by atoms with Crippen molar-refractivity contribution in [2.45, 2.75) is 70.6 Å². The molecule has 21 heavy (non-hydrogen) atoms. The van der Waals surface area contributed by atoms with Crippen LogP contribution < -0.4 is 10.1 Å². The summed E-state index contributed by atoms with van der Waals surface area (Å²) in [6, 6.07) is 8.15. The standard InChI is InChI=1S/C18H29NO2/c1-17(2,3)19-13-15-7-9-16(10-8-15)21-14-18(20)11-5-4-6-12-18/h7-10,19-20H,4-6,11-14H2,1-3H3. The Morgan fingerprint density at radius 1 is 1.10 bits per heavy atom. The van der Waals surface area contributed by atoms with Crippen molar-refractivity contribution in [3.05, 3.63) is 29.8 Å². The van der Waals surface area contributed by atoms with Crippen molar-refractivity contribution in [1.29, 1.82) is 0 Å². The van der Waals surface area contributed by atoms with E-state index in [0.29, 0.717) is 6.61 Å². The average molecular weight is 291 g/mol. The molecule has 2 N–H and O–H groups in total. The highest BCUT2D eigenvalue weighted by Gasteiger charge is 2.29. The minimum absolute atomic E-state index is 0.124. The van der Waals surface area contributed by atoms with Crippen LogP contribution in [0.4, 0.5) is 0 Å². The van der Waals surface area contributed by atoms with Crippen molar-refractivity contribution in [3.8, 4) is 5.75 Å². The zero-order chi connectivity index (χ0) is 15.3. The molecule has 1 aromatic carbocycles. The lowest BCUT2D eigenvalue weighted by Gasteiger charge is -2.31. The summed E-state index contributed by atoms with van der Waals surface area (Å²) < 4.78 is 5.78. The van der Waals surface area contributed by atoms with Crippen LogP contribution in [0.15, 0.2) is 24.3 Å². The minimum Gasteiger partial charge on any atom is -0.491 e. The second-order valence-electron chi connectivity index (χ2n) is 7.32. The molecule has 0 saturated heterocycles. The van der Waals surface area contributed by atoms with Gasteiger partial charge in [0, 0.05) is 12.1 Å². The SMILES string of the molecule is CC(C)(C)NCc1ccc(OCC2(O)CCCCC2)cc1. The van der Waals surface area contributed by atoms with Crippen LogP contribution in [0.25, 0.3) is 0 Å². The predicted molar refractivity (Wildman–Crippen MR) is 86.6 cm³/mol. The van der Waals surface area contributed by atoms with E-state index >= 15 is 0 Å². The van der Waals surface area contributed by atoms with Crippen LogP contribution in [0.2, 0.25) is 0 Å². The van der Waals surface area contributed by atoms with E-state index in [1.165, 1.54) is 12.0 Å². The summed E-state index contributed by atoms with van der Waals surface area (Å²) >= 11 is 0. The first kappa shape index (κ1) is 16.3. The molecule has 3 nitrogen and oxygen atoms in total. The molecular weight excluding hydrogens is 262 g/mol. The summed E-state index contributed by atoms with van der Waals surface area (Å²) in [5, 5.41) is 13.9. The molecule has 2 rings (SSSR count). The van der Waals surface area contributed by atoms with Crippen LogP contribution in [0.3, 0.4) is 0 Å². The van der Waals surface area contributed by atoms with Crippen molar-refractivity contribution in [3.63, 3.8) is 0 Å². The maximum absolute atomic E-state index is 10.4. The Balaban J connectivity index is 1.82. The summed E-state index contributed by atoms with van der Waals surface area (Å²) in [6.07, 6.45) is 5.17. The minimum atomic E-state index is -0.620. The fourth-order valence-electron chi connectivity index (χ4n) is 2.64. The lowest BCUT2D eigenvalue weighted by Crippen LogP contribution is -2.37. The van der Waals surface area contributed by atoms with Gasteiger partial charge in [-0.1, -0.05) is 31.4 Å². The molecule has 0 heterocycles. The van der Waals surface area contributed by atoms with Crippen molar-refractivity contribution >= 4 is 0 Å². The fraction of sp³-hybridized carbons (Fsp3) is 0.667. The second kappa shape index (κ2) is 6.80. The molecule has 1 saturated carbocycles. The van der Waals surface area contributed by atoms with Gasteiger partial charge >= 0.3 is 0 Å². The largest absolute Gasteiger partial charge is 0.491 e. The monoisotopic (exact) mass is 291 g/mol. The summed E-state index contributed by atoms with van der Waals surface area (Å²) in [4.78, 5) is 0. The zero-order valence-electron chi connectivity index (χ0n) is 13.6. The smallest absolute Gasteiger partial charge is 0.119 e. The Kier molecular flexibility index (Phi) is 5.28. The van der Waals surface area contributed by atoms with Gasteiger partial charge in [-0.3, -0.25) is 0 Å². The molecular formula is C18H29NO2. The van der Waals surface area contributed by atoms with Crippen LogP contribution in [0, 0.1) is 0 Å². The number of ether oxygens (including phenoxy) is 1. The molecule has 0 amide bonds. The number of rotatable bonds is 5. The van der Waals surface area contributed by atoms with Gasteiger partial charge in [-0.25, -0.2) is 0 Å². The maximum atomic E-state index is 10.4. The van der Waals surface area contributed by atoms with Gasteiger partial charge in [0.1, 0.15) is 12.4 Å². The summed E-state index contributed by atoms with van der Waals surface area (Å²) in [7, 11) is 0. The number of benzene rings is 1. The van der Waals surface area contributed by atoms with E-state index in [9.17, 15) is 5.11 Å². The van der Waals surface area contributed by atoms with Gasteiger partial charge < -0.3 is 15.2 Å². The third-order valence-electron chi connectivity index (χ3n) is 4.04. The van der Waals surface area contributed by atoms with E-state index in [2.05, 4.69) is 38.2 Å². The van der Waals surface area contributed by atoms with Gasteiger partial charge in [0.2, 0.25) is 0 Å². The molecule has 0 radical (unpaired) electrons. The molecule has 3 heteroatoms. The molecule has 0 bridgehead atoms. The molecule has 0 aromatic heterocycles. The van der Waals surface area contributed by atoms with Crippen molar-refractivity contribution < 1.29 is 9.84 Å². The van der Waals surface area contributed by atoms with Gasteiger partial charge in [0.05, 0.1) is 5.60 Å². The molecule has 0 aliphatic heterocycles. The lowest BCUT2D eigenvalue weighted by molar-refractivity contribution is -0.0339. The van der Waals surface area contributed by atoms with Crippen LogP contribution >= 0.6 is 0 Å². The van der Waals surface area contributed by atoms with E-state index < -0.39 is 5.60 Å². The Bertz CT molecular complexity index is 428. The van der Waals surface area contributed by atoms with Crippen molar-refractivity contribution in [1.82, 2.24) is 5.32 Å². The normalized spacial score (nSPS) is 18.5. The third kappa shape index (κ3) is 5.68. The Labute approximate surface area is 128 Å². The summed E-state index contributed by atoms with van der Waals surface area (Å²) in [5.41, 5.74) is 0.748. The first-order chi connectivity index (χ1) is 9.86.